The molecule has 0 aliphatic heterocycles. The van der Waals surface area contributed by atoms with Crippen molar-refractivity contribution in [1.29, 1.82) is 0 Å². The average Bonchev–Trinajstić information content (AvgIpc) is 2.71. The standard InChI is InChI=1S/C9H9ClS/c10-7-2-1-3-9(6-7)11-8-4-5-8/h1-3,6,8H,4-5H2. The van der Waals surface area contributed by atoms with Crippen molar-refractivity contribution in [3.8, 4) is 0 Å². The minimum Gasteiger partial charge on any atom is -0.123 e. The van der Waals surface area contributed by atoms with Crippen LogP contribution in [0, 0.1) is 0 Å². The predicted octanol–water partition coefficient (Wildman–Crippen LogP) is 3.59. The van der Waals surface area contributed by atoms with Gasteiger partial charge in [-0.15, -0.1) is 11.8 Å². The van der Waals surface area contributed by atoms with Crippen LogP contribution in [0.25, 0.3) is 0 Å². The smallest absolute Gasteiger partial charge is 0.0417 e. The van der Waals surface area contributed by atoms with Crippen LogP contribution in [0.2, 0.25) is 5.02 Å². The molecule has 0 aromatic heterocycles. The van der Waals surface area contributed by atoms with E-state index in [9.17, 15) is 0 Å². The summed E-state index contributed by atoms with van der Waals surface area (Å²) in [5.41, 5.74) is 0. The molecule has 0 saturated heterocycles. The molecule has 0 heterocycles. The highest BCUT2D eigenvalue weighted by Gasteiger charge is 2.22. The molecule has 0 radical (unpaired) electrons. The highest BCUT2D eigenvalue weighted by Crippen LogP contribution is 2.39. The third kappa shape index (κ3) is 2.14. The molecular formula is C9H9ClS. The van der Waals surface area contributed by atoms with Crippen LogP contribution in [-0.2, 0) is 0 Å². The van der Waals surface area contributed by atoms with Gasteiger partial charge in [-0.25, -0.2) is 0 Å². The van der Waals surface area contributed by atoms with Gasteiger partial charge in [0, 0.05) is 15.2 Å². The maximum Gasteiger partial charge on any atom is 0.0417 e. The van der Waals surface area contributed by atoms with E-state index in [0.717, 1.165) is 10.3 Å². The third-order valence-electron chi connectivity index (χ3n) is 1.62. The van der Waals surface area contributed by atoms with Gasteiger partial charge in [0.15, 0.2) is 0 Å². The molecular weight excluding hydrogens is 176 g/mol. The van der Waals surface area contributed by atoms with Crippen molar-refractivity contribution in [2.45, 2.75) is 23.0 Å². The van der Waals surface area contributed by atoms with E-state index in [2.05, 4.69) is 6.07 Å². The van der Waals surface area contributed by atoms with Gasteiger partial charge in [-0.2, -0.15) is 0 Å². The molecule has 1 aliphatic rings. The largest absolute Gasteiger partial charge is 0.123 e. The van der Waals surface area contributed by atoms with Gasteiger partial charge in [0.25, 0.3) is 0 Å². The van der Waals surface area contributed by atoms with Gasteiger partial charge in [-0.05, 0) is 31.0 Å². The zero-order valence-electron chi connectivity index (χ0n) is 6.09. The number of halogens is 1. The van der Waals surface area contributed by atoms with Crippen LogP contribution < -0.4 is 0 Å². The fraction of sp³-hybridized carbons (Fsp3) is 0.333. The Morgan fingerprint density at radius 2 is 2.18 bits per heavy atom. The Hall–Kier alpha value is -0.140. The van der Waals surface area contributed by atoms with Crippen molar-refractivity contribution in [2.24, 2.45) is 0 Å². The van der Waals surface area contributed by atoms with E-state index >= 15 is 0 Å². The fourth-order valence-electron chi connectivity index (χ4n) is 0.919. The first-order valence-corrected chi connectivity index (χ1v) is 5.02. The van der Waals surface area contributed by atoms with Crippen LogP contribution in [0.1, 0.15) is 12.8 Å². The molecule has 0 bridgehead atoms. The molecule has 58 valence electrons. The van der Waals surface area contributed by atoms with Crippen LogP contribution in [0.5, 0.6) is 0 Å². The maximum absolute atomic E-state index is 5.84. The van der Waals surface area contributed by atoms with Crippen molar-refractivity contribution < 1.29 is 0 Å². The van der Waals surface area contributed by atoms with Gasteiger partial charge in [-0.1, -0.05) is 17.7 Å². The molecule has 0 N–H and O–H groups in total. The first kappa shape index (κ1) is 7.51. The number of rotatable bonds is 2. The summed E-state index contributed by atoms with van der Waals surface area (Å²) in [6, 6.07) is 8.07. The number of hydrogen-bond donors (Lipinski definition) is 0. The number of benzene rings is 1. The quantitative estimate of drug-likeness (QED) is 0.677. The Kier molecular flexibility index (Phi) is 2.10. The summed E-state index contributed by atoms with van der Waals surface area (Å²) in [5, 5.41) is 1.71. The summed E-state index contributed by atoms with van der Waals surface area (Å²) in [4.78, 5) is 1.31. The topological polar surface area (TPSA) is 0 Å². The van der Waals surface area contributed by atoms with Gasteiger partial charge in [0.2, 0.25) is 0 Å². The Morgan fingerprint density at radius 1 is 1.36 bits per heavy atom. The Morgan fingerprint density at radius 3 is 2.82 bits per heavy atom. The highest BCUT2D eigenvalue weighted by molar-refractivity contribution is 8.00. The molecule has 0 nitrogen and oxygen atoms in total. The number of hydrogen-bond acceptors (Lipinski definition) is 1. The summed E-state index contributed by atoms with van der Waals surface area (Å²) in [7, 11) is 0. The van der Waals surface area contributed by atoms with Crippen molar-refractivity contribution in [1.82, 2.24) is 0 Å². The maximum atomic E-state index is 5.84. The molecule has 1 aliphatic carbocycles. The molecule has 11 heavy (non-hydrogen) atoms. The van der Waals surface area contributed by atoms with Gasteiger partial charge >= 0.3 is 0 Å². The van der Waals surface area contributed by atoms with E-state index in [4.69, 9.17) is 11.6 Å². The molecule has 1 aromatic carbocycles. The van der Waals surface area contributed by atoms with Crippen molar-refractivity contribution in [3.05, 3.63) is 29.3 Å². The lowest BCUT2D eigenvalue weighted by Gasteiger charge is -1.97. The summed E-state index contributed by atoms with van der Waals surface area (Å²) in [6.07, 6.45) is 2.74. The first-order chi connectivity index (χ1) is 5.34. The van der Waals surface area contributed by atoms with E-state index in [0.29, 0.717) is 0 Å². The van der Waals surface area contributed by atoms with Gasteiger partial charge < -0.3 is 0 Å². The predicted molar refractivity (Wildman–Crippen MR) is 50.3 cm³/mol. The fourth-order valence-corrected chi connectivity index (χ4v) is 2.28. The van der Waals surface area contributed by atoms with Crippen LogP contribution in [-0.4, -0.2) is 5.25 Å². The van der Waals surface area contributed by atoms with Crippen LogP contribution in [0.15, 0.2) is 29.2 Å². The lowest BCUT2D eigenvalue weighted by molar-refractivity contribution is 1.42. The molecule has 1 saturated carbocycles. The first-order valence-electron chi connectivity index (χ1n) is 3.77. The second-order valence-corrected chi connectivity index (χ2v) is 4.58. The van der Waals surface area contributed by atoms with E-state index in [1.165, 1.54) is 17.7 Å². The van der Waals surface area contributed by atoms with Gasteiger partial charge in [0.1, 0.15) is 0 Å². The number of thioether (sulfide) groups is 1. The lowest BCUT2D eigenvalue weighted by atomic mass is 10.4. The van der Waals surface area contributed by atoms with E-state index in [-0.39, 0.29) is 0 Å². The summed E-state index contributed by atoms with van der Waals surface area (Å²) in [5.74, 6) is 0. The highest BCUT2D eigenvalue weighted by atomic mass is 35.5. The normalized spacial score (nSPS) is 16.8. The van der Waals surface area contributed by atoms with E-state index < -0.39 is 0 Å². The molecule has 2 rings (SSSR count). The molecule has 1 fully saturated rings. The van der Waals surface area contributed by atoms with Crippen molar-refractivity contribution in [2.75, 3.05) is 0 Å². The average molecular weight is 185 g/mol. The van der Waals surface area contributed by atoms with Crippen LogP contribution in [0.4, 0.5) is 0 Å². The minimum atomic E-state index is 0.843. The zero-order valence-corrected chi connectivity index (χ0v) is 7.66. The third-order valence-corrected chi connectivity index (χ3v) is 3.19. The lowest BCUT2D eigenvalue weighted by Crippen LogP contribution is -1.73. The molecule has 0 unspecified atom stereocenters. The Labute approximate surface area is 75.9 Å². The molecule has 0 amide bonds. The molecule has 2 heteroatoms. The minimum absolute atomic E-state index is 0.843. The Balaban J connectivity index is 2.10. The van der Waals surface area contributed by atoms with E-state index in [1.807, 2.05) is 30.0 Å². The monoisotopic (exact) mass is 184 g/mol. The Bertz CT molecular complexity index is 255. The second kappa shape index (κ2) is 3.08. The van der Waals surface area contributed by atoms with Crippen LogP contribution >= 0.6 is 23.4 Å². The zero-order chi connectivity index (χ0) is 7.68. The second-order valence-electron chi connectivity index (χ2n) is 2.77. The SMILES string of the molecule is Clc1cccc(SC2CC2)c1. The van der Waals surface area contributed by atoms with Crippen molar-refractivity contribution in [3.63, 3.8) is 0 Å². The van der Waals surface area contributed by atoms with Gasteiger partial charge in [0.05, 0.1) is 0 Å². The molecule has 0 spiro atoms. The van der Waals surface area contributed by atoms with Crippen LogP contribution in [0.3, 0.4) is 0 Å². The summed E-state index contributed by atoms with van der Waals surface area (Å²) in [6.45, 7) is 0. The molecule has 1 aromatic rings. The van der Waals surface area contributed by atoms with Crippen molar-refractivity contribution >= 4 is 23.4 Å². The van der Waals surface area contributed by atoms with E-state index in [1.54, 1.807) is 0 Å². The van der Waals surface area contributed by atoms with Gasteiger partial charge in [-0.3, -0.25) is 0 Å². The summed E-state index contributed by atoms with van der Waals surface area (Å²) >= 11 is 7.77. The molecule has 0 atom stereocenters. The summed E-state index contributed by atoms with van der Waals surface area (Å²) < 4.78 is 0.